The van der Waals surface area contributed by atoms with Crippen LogP contribution in [0.1, 0.15) is 38.8 Å². The highest BCUT2D eigenvalue weighted by Gasteiger charge is 2.55. The predicted molar refractivity (Wildman–Crippen MR) is 90.3 cm³/mol. The molecule has 4 nitrogen and oxygen atoms in total. The molecule has 122 valence electrons. The summed E-state index contributed by atoms with van der Waals surface area (Å²) in [5.74, 6) is 2.19. The highest BCUT2D eigenvalue weighted by atomic mass is 32.1. The molecular formula is C18H22N2O2S. The lowest BCUT2D eigenvalue weighted by atomic mass is 9.90. The van der Waals surface area contributed by atoms with Gasteiger partial charge in [0.25, 0.3) is 0 Å². The van der Waals surface area contributed by atoms with Gasteiger partial charge >= 0.3 is 0 Å². The molecular weight excluding hydrogens is 308 g/mol. The maximum absolute atomic E-state index is 13.1. The van der Waals surface area contributed by atoms with Crippen molar-refractivity contribution in [3.8, 4) is 10.6 Å². The molecule has 2 unspecified atom stereocenters. The van der Waals surface area contributed by atoms with Crippen LogP contribution in [0.2, 0.25) is 0 Å². The molecule has 0 radical (unpaired) electrons. The van der Waals surface area contributed by atoms with Gasteiger partial charge < -0.3 is 9.42 Å². The fraction of sp³-hybridized carbons (Fsp3) is 0.556. The fourth-order valence-corrected chi connectivity index (χ4v) is 4.54. The summed E-state index contributed by atoms with van der Waals surface area (Å²) in [5.41, 5.74) is 0.396. The Balaban J connectivity index is 1.57. The Morgan fingerprint density at radius 2 is 2.09 bits per heavy atom. The SMILES string of the molecule is CC1CC(C)CN(C(=O)C2(c3cc(-c4cccs4)on3)CC2)C1. The number of rotatable bonds is 3. The van der Waals surface area contributed by atoms with Crippen LogP contribution >= 0.6 is 11.3 Å². The van der Waals surface area contributed by atoms with E-state index in [2.05, 4.69) is 23.9 Å². The molecule has 2 aromatic heterocycles. The second-order valence-corrected chi connectivity index (χ2v) is 8.24. The molecule has 1 saturated carbocycles. The highest BCUT2D eigenvalue weighted by Crippen LogP contribution is 2.50. The molecule has 0 bridgehead atoms. The number of carbonyl (C=O) groups is 1. The lowest BCUT2D eigenvalue weighted by Gasteiger charge is -2.36. The number of amides is 1. The summed E-state index contributed by atoms with van der Waals surface area (Å²) in [5, 5.41) is 6.26. The van der Waals surface area contributed by atoms with Gasteiger partial charge in [-0.05, 0) is 42.5 Å². The summed E-state index contributed by atoms with van der Waals surface area (Å²) in [6.07, 6.45) is 2.99. The molecule has 2 atom stereocenters. The van der Waals surface area contributed by atoms with Gasteiger partial charge in [0.15, 0.2) is 5.76 Å². The van der Waals surface area contributed by atoms with E-state index >= 15 is 0 Å². The zero-order valence-corrected chi connectivity index (χ0v) is 14.4. The molecule has 3 heterocycles. The van der Waals surface area contributed by atoms with Crippen molar-refractivity contribution in [3.05, 3.63) is 29.3 Å². The minimum absolute atomic E-state index is 0.252. The number of hydrogen-bond acceptors (Lipinski definition) is 4. The van der Waals surface area contributed by atoms with Crippen molar-refractivity contribution in [1.82, 2.24) is 10.1 Å². The van der Waals surface area contributed by atoms with Gasteiger partial charge in [-0.2, -0.15) is 0 Å². The molecule has 5 heteroatoms. The number of piperidine rings is 1. The van der Waals surface area contributed by atoms with Crippen LogP contribution in [0.15, 0.2) is 28.1 Å². The summed E-state index contributed by atoms with van der Waals surface area (Å²) in [6, 6.07) is 5.98. The third-order valence-corrected chi connectivity index (χ3v) is 5.96. The smallest absolute Gasteiger partial charge is 0.234 e. The van der Waals surface area contributed by atoms with E-state index in [4.69, 9.17) is 4.52 Å². The Morgan fingerprint density at radius 3 is 2.70 bits per heavy atom. The largest absolute Gasteiger partial charge is 0.355 e. The number of hydrogen-bond donors (Lipinski definition) is 0. The van der Waals surface area contributed by atoms with Crippen molar-refractivity contribution in [2.75, 3.05) is 13.1 Å². The van der Waals surface area contributed by atoms with Gasteiger partial charge in [0.05, 0.1) is 16.0 Å². The molecule has 1 aliphatic heterocycles. The van der Waals surface area contributed by atoms with Crippen molar-refractivity contribution in [2.45, 2.75) is 38.5 Å². The molecule has 0 spiro atoms. The second-order valence-electron chi connectivity index (χ2n) is 7.29. The minimum atomic E-state index is -0.421. The molecule has 2 aromatic rings. The van der Waals surface area contributed by atoms with E-state index in [0.29, 0.717) is 11.8 Å². The van der Waals surface area contributed by atoms with Gasteiger partial charge in [0.2, 0.25) is 5.91 Å². The fourth-order valence-electron chi connectivity index (χ4n) is 3.87. The molecule has 1 saturated heterocycles. The van der Waals surface area contributed by atoms with Crippen molar-refractivity contribution in [3.63, 3.8) is 0 Å². The lowest BCUT2D eigenvalue weighted by Crippen LogP contribution is -2.47. The number of nitrogens with zero attached hydrogens (tertiary/aromatic N) is 2. The van der Waals surface area contributed by atoms with Crippen LogP contribution in [0.25, 0.3) is 10.6 Å². The van der Waals surface area contributed by atoms with E-state index in [0.717, 1.165) is 42.3 Å². The molecule has 4 rings (SSSR count). The first-order chi connectivity index (χ1) is 11.1. The molecule has 0 aromatic carbocycles. The molecule has 2 aliphatic rings. The van der Waals surface area contributed by atoms with Crippen LogP contribution in [0.5, 0.6) is 0 Å². The van der Waals surface area contributed by atoms with Crippen LogP contribution < -0.4 is 0 Å². The minimum Gasteiger partial charge on any atom is -0.355 e. The van der Waals surface area contributed by atoms with E-state index in [1.54, 1.807) is 11.3 Å². The molecule has 1 aliphatic carbocycles. The third kappa shape index (κ3) is 2.61. The Labute approximate surface area is 140 Å². The summed E-state index contributed by atoms with van der Waals surface area (Å²) in [4.78, 5) is 16.2. The van der Waals surface area contributed by atoms with Crippen LogP contribution in [0, 0.1) is 11.8 Å². The quantitative estimate of drug-likeness (QED) is 0.856. The Kier molecular flexibility index (Phi) is 3.56. The van der Waals surface area contributed by atoms with Crippen molar-refractivity contribution < 1.29 is 9.32 Å². The van der Waals surface area contributed by atoms with Crippen LogP contribution in [0.3, 0.4) is 0 Å². The topological polar surface area (TPSA) is 46.3 Å². The van der Waals surface area contributed by atoms with Gasteiger partial charge in [-0.1, -0.05) is 25.1 Å². The maximum atomic E-state index is 13.1. The normalized spacial score (nSPS) is 26.3. The first-order valence-electron chi connectivity index (χ1n) is 8.39. The van der Waals surface area contributed by atoms with Crippen LogP contribution in [-0.2, 0) is 10.2 Å². The summed E-state index contributed by atoms with van der Waals surface area (Å²) >= 11 is 1.63. The Bertz CT molecular complexity index is 692. The van der Waals surface area contributed by atoms with Gasteiger partial charge in [0, 0.05) is 19.2 Å². The van der Waals surface area contributed by atoms with Crippen molar-refractivity contribution in [2.24, 2.45) is 11.8 Å². The molecule has 0 N–H and O–H groups in total. The summed E-state index contributed by atoms with van der Waals surface area (Å²) in [6.45, 7) is 6.22. The number of thiophene rings is 1. The number of likely N-dealkylation sites (tertiary alicyclic amines) is 1. The average Bonchev–Trinajstić information content (AvgIpc) is 2.96. The molecule has 23 heavy (non-hydrogen) atoms. The summed E-state index contributed by atoms with van der Waals surface area (Å²) < 4.78 is 5.50. The highest BCUT2D eigenvalue weighted by molar-refractivity contribution is 7.13. The van der Waals surface area contributed by atoms with Gasteiger partial charge in [0.1, 0.15) is 0 Å². The van der Waals surface area contributed by atoms with Crippen molar-refractivity contribution in [1.29, 1.82) is 0 Å². The molecule has 2 fully saturated rings. The lowest BCUT2D eigenvalue weighted by molar-refractivity contribution is -0.136. The maximum Gasteiger partial charge on any atom is 0.234 e. The van der Waals surface area contributed by atoms with Gasteiger partial charge in [-0.15, -0.1) is 11.3 Å². The van der Waals surface area contributed by atoms with E-state index in [1.807, 2.05) is 23.6 Å². The van der Waals surface area contributed by atoms with Gasteiger partial charge in [-0.25, -0.2) is 0 Å². The standard InChI is InChI=1S/C18H22N2O2S/c1-12-8-13(2)11-20(10-12)17(21)18(5-6-18)16-9-14(22-19-16)15-4-3-7-23-15/h3-4,7,9,12-13H,5-6,8,10-11H2,1-2H3. The first kappa shape index (κ1) is 14.9. The average molecular weight is 330 g/mol. The van der Waals surface area contributed by atoms with Crippen LogP contribution in [0.4, 0.5) is 0 Å². The Morgan fingerprint density at radius 1 is 1.35 bits per heavy atom. The molecule has 1 amide bonds. The second kappa shape index (κ2) is 5.48. The van der Waals surface area contributed by atoms with Crippen LogP contribution in [-0.4, -0.2) is 29.1 Å². The Hall–Kier alpha value is -1.62. The number of carbonyl (C=O) groups excluding carboxylic acids is 1. The monoisotopic (exact) mass is 330 g/mol. The first-order valence-corrected chi connectivity index (χ1v) is 9.27. The van der Waals surface area contributed by atoms with E-state index in [-0.39, 0.29) is 5.91 Å². The van der Waals surface area contributed by atoms with E-state index < -0.39 is 5.41 Å². The van der Waals surface area contributed by atoms with Gasteiger partial charge in [-0.3, -0.25) is 4.79 Å². The third-order valence-electron chi connectivity index (χ3n) is 5.08. The summed E-state index contributed by atoms with van der Waals surface area (Å²) in [7, 11) is 0. The number of aromatic nitrogens is 1. The van der Waals surface area contributed by atoms with E-state index in [9.17, 15) is 4.79 Å². The van der Waals surface area contributed by atoms with Crippen molar-refractivity contribution >= 4 is 17.2 Å². The predicted octanol–water partition coefficient (Wildman–Crippen LogP) is 3.94. The zero-order valence-electron chi connectivity index (χ0n) is 13.6. The zero-order chi connectivity index (χ0) is 16.0. The van der Waals surface area contributed by atoms with E-state index in [1.165, 1.54) is 6.42 Å².